The van der Waals surface area contributed by atoms with Gasteiger partial charge < -0.3 is 14.8 Å². The molecule has 18 heavy (non-hydrogen) atoms. The Bertz CT molecular complexity index is 423. The molecule has 98 valence electrons. The summed E-state index contributed by atoms with van der Waals surface area (Å²) in [6.45, 7) is 2.48. The predicted octanol–water partition coefficient (Wildman–Crippen LogP) is 0.628. The summed E-state index contributed by atoms with van der Waals surface area (Å²) in [7, 11) is 1.26. The zero-order valence-corrected chi connectivity index (χ0v) is 10.3. The summed E-state index contributed by atoms with van der Waals surface area (Å²) in [5.74, 6) is -0.468. The summed E-state index contributed by atoms with van der Waals surface area (Å²) < 4.78 is 9.27. The van der Waals surface area contributed by atoms with Crippen molar-refractivity contribution in [3.8, 4) is 0 Å². The van der Waals surface area contributed by atoms with Crippen LogP contribution in [0.2, 0.25) is 0 Å². The maximum absolute atomic E-state index is 11.2. The van der Waals surface area contributed by atoms with E-state index in [4.69, 9.17) is 4.74 Å². The maximum atomic E-state index is 11.2. The van der Waals surface area contributed by atoms with E-state index >= 15 is 0 Å². The van der Waals surface area contributed by atoms with Gasteiger partial charge in [-0.2, -0.15) is 0 Å². The summed E-state index contributed by atoms with van der Waals surface area (Å²) in [6, 6.07) is 1.59. The molecule has 0 saturated heterocycles. The van der Waals surface area contributed by atoms with Crippen LogP contribution in [0.4, 0.5) is 5.82 Å². The molecular formula is C11H15N3O4. The number of aromatic nitrogens is 2. The number of anilines is 1. The van der Waals surface area contributed by atoms with Crippen LogP contribution >= 0.6 is 0 Å². The minimum Gasteiger partial charge on any atom is -0.466 e. The Hall–Kier alpha value is -2.18. The Morgan fingerprint density at radius 2 is 2.22 bits per heavy atom. The van der Waals surface area contributed by atoms with Crippen molar-refractivity contribution in [2.75, 3.05) is 25.6 Å². The first kappa shape index (κ1) is 13.9. The lowest BCUT2D eigenvalue weighted by atomic mass is 10.4. The molecule has 0 bridgehead atoms. The molecule has 7 nitrogen and oxygen atoms in total. The van der Waals surface area contributed by atoms with Gasteiger partial charge in [-0.05, 0) is 13.0 Å². The first-order valence-electron chi connectivity index (χ1n) is 5.48. The van der Waals surface area contributed by atoms with Gasteiger partial charge in [-0.3, -0.25) is 4.79 Å². The van der Waals surface area contributed by atoms with Gasteiger partial charge in [0.2, 0.25) is 5.82 Å². The van der Waals surface area contributed by atoms with Crippen molar-refractivity contribution in [3.05, 3.63) is 18.1 Å². The van der Waals surface area contributed by atoms with Crippen molar-refractivity contribution in [3.63, 3.8) is 0 Å². The molecule has 0 aliphatic rings. The van der Waals surface area contributed by atoms with Crippen LogP contribution < -0.4 is 5.32 Å². The van der Waals surface area contributed by atoms with E-state index in [0.29, 0.717) is 19.0 Å². The van der Waals surface area contributed by atoms with E-state index < -0.39 is 5.97 Å². The lowest BCUT2D eigenvalue weighted by molar-refractivity contribution is -0.142. The molecule has 1 rings (SSSR count). The van der Waals surface area contributed by atoms with Gasteiger partial charge in [0.15, 0.2) is 0 Å². The van der Waals surface area contributed by atoms with Crippen molar-refractivity contribution in [1.29, 1.82) is 0 Å². The molecule has 0 amide bonds. The zero-order valence-electron chi connectivity index (χ0n) is 10.3. The van der Waals surface area contributed by atoms with Crippen LogP contribution in [-0.4, -0.2) is 42.2 Å². The lowest BCUT2D eigenvalue weighted by Crippen LogP contribution is -2.14. The van der Waals surface area contributed by atoms with E-state index in [1.165, 1.54) is 13.3 Å². The van der Waals surface area contributed by atoms with Gasteiger partial charge in [0.05, 0.1) is 20.1 Å². The predicted molar refractivity (Wildman–Crippen MR) is 63.1 cm³/mol. The number of rotatable bonds is 6. The number of methoxy groups -OCH3 is 1. The second kappa shape index (κ2) is 7.21. The van der Waals surface area contributed by atoms with Gasteiger partial charge in [-0.25, -0.2) is 14.8 Å². The molecule has 0 radical (unpaired) electrons. The minimum atomic E-state index is -0.607. The number of hydrogen-bond acceptors (Lipinski definition) is 7. The number of ether oxygens (including phenoxy) is 2. The van der Waals surface area contributed by atoms with Gasteiger partial charge in [0.1, 0.15) is 5.82 Å². The number of hydrogen-bond donors (Lipinski definition) is 1. The summed E-state index contributed by atoms with van der Waals surface area (Å²) in [5.41, 5.74) is 0. The third-order valence-corrected chi connectivity index (χ3v) is 1.96. The molecule has 0 saturated carbocycles. The maximum Gasteiger partial charge on any atom is 0.376 e. The summed E-state index contributed by atoms with van der Waals surface area (Å²) in [4.78, 5) is 30.0. The van der Waals surface area contributed by atoms with Crippen LogP contribution in [0.25, 0.3) is 0 Å². The molecule has 0 fully saturated rings. The van der Waals surface area contributed by atoms with Crippen molar-refractivity contribution >= 4 is 17.8 Å². The number of nitrogens with zero attached hydrogens (tertiary/aromatic N) is 2. The Morgan fingerprint density at radius 1 is 1.44 bits per heavy atom. The van der Waals surface area contributed by atoms with Crippen molar-refractivity contribution < 1.29 is 19.1 Å². The number of carbonyl (C=O) groups is 2. The van der Waals surface area contributed by atoms with Gasteiger partial charge in [0, 0.05) is 12.7 Å². The topological polar surface area (TPSA) is 90.4 Å². The first-order chi connectivity index (χ1) is 8.67. The van der Waals surface area contributed by atoms with Gasteiger partial charge in [-0.15, -0.1) is 0 Å². The number of esters is 2. The fourth-order valence-corrected chi connectivity index (χ4v) is 1.17. The van der Waals surface area contributed by atoms with Crippen LogP contribution in [0.15, 0.2) is 12.3 Å². The second-order valence-corrected chi connectivity index (χ2v) is 3.24. The van der Waals surface area contributed by atoms with Gasteiger partial charge >= 0.3 is 11.9 Å². The first-order valence-corrected chi connectivity index (χ1v) is 5.48. The van der Waals surface area contributed by atoms with Gasteiger partial charge in [-0.1, -0.05) is 0 Å². The van der Waals surface area contributed by atoms with Crippen molar-refractivity contribution in [2.45, 2.75) is 13.3 Å². The van der Waals surface area contributed by atoms with E-state index in [-0.39, 0.29) is 18.2 Å². The number of carbonyl (C=O) groups excluding carboxylic acids is 2. The third kappa shape index (κ3) is 4.36. The molecule has 1 aromatic rings. The highest BCUT2D eigenvalue weighted by atomic mass is 16.5. The molecule has 0 unspecified atom stereocenters. The highest BCUT2D eigenvalue weighted by Crippen LogP contribution is 2.03. The van der Waals surface area contributed by atoms with Gasteiger partial charge in [0.25, 0.3) is 0 Å². The van der Waals surface area contributed by atoms with Crippen LogP contribution in [0.3, 0.4) is 0 Å². The zero-order chi connectivity index (χ0) is 13.4. The third-order valence-electron chi connectivity index (χ3n) is 1.96. The largest absolute Gasteiger partial charge is 0.466 e. The minimum absolute atomic E-state index is 0.0290. The highest BCUT2D eigenvalue weighted by Gasteiger charge is 2.09. The molecule has 1 heterocycles. The molecule has 1 aromatic heterocycles. The molecule has 0 aromatic carbocycles. The lowest BCUT2D eigenvalue weighted by Gasteiger charge is -2.05. The summed E-state index contributed by atoms with van der Waals surface area (Å²) in [6.07, 6.45) is 1.66. The van der Waals surface area contributed by atoms with Crippen LogP contribution in [0, 0.1) is 0 Å². The average molecular weight is 253 g/mol. The molecule has 0 aliphatic heterocycles. The van der Waals surface area contributed by atoms with E-state index in [0.717, 1.165) is 0 Å². The Kier molecular flexibility index (Phi) is 5.56. The molecule has 0 atom stereocenters. The van der Waals surface area contributed by atoms with Crippen LogP contribution in [-0.2, 0) is 14.3 Å². The summed E-state index contributed by atoms with van der Waals surface area (Å²) in [5, 5.41) is 2.89. The van der Waals surface area contributed by atoms with Crippen LogP contribution in [0.5, 0.6) is 0 Å². The standard InChI is InChI=1S/C11H15N3O4/c1-3-18-9(15)5-7-12-8-4-6-13-10(14-8)11(16)17-2/h4,6H,3,5,7H2,1-2H3,(H,12,13,14). The van der Waals surface area contributed by atoms with E-state index in [1.807, 2.05) is 0 Å². The molecule has 0 spiro atoms. The van der Waals surface area contributed by atoms with E-state index in [9.17, 15) is 9.59 Å². The Labute approximate surface area is 105 Å². The Morgan fingerprint density at radius 3 is 2.89 bits per heavy atom. The highest BCUT2D eigenvalue weighted by molar-refractivity contribution is 5.85. The Balaban J connectivity index is 2.47. The fourth-order valence-electron chi connectivity index (χ4n) is 1.17. The normalized spacial score (nSPS) is 9.67. The SMILES string of the molecule is CCOC(=O)CCNc1ccnc(C(=O)OC)n1. The summed E-state index contributed by atoms with van der Waals surface area (Å²) >= 11 is 0. The quantitative estimate of drug-likeness (QED) is 0.743. The number of nitrogens with one attached hydrogen (secondary N) is 1. The molecule has 7 heteroatoms. The molecule has 1 N–H and O–H groups in total. The average Bonchev–Trinajstić information content (AvgIpc) is 2.38. The monoisotopic (exact) mass is 253 g/mol. The molecular weight excluding hydrogens is 238 g/mol. The van der Waals surface area contributed by atoms with E-state index in [2.05, 4.69) is 20.0 Å². The van der Waals surface area contributed by atoms with Crippen molar-refractivity contribution in [2.24, 2.45) is 0 Å². The van der Waals surface area contributed by atoms with Crippen LogP contribution in [0.1, 0.15) is 24.0 Å². The molecule has 0 aliphatic carbocycles. The fraction of sp³-hybridized carbons (Fsp3) is 0.455. The van der Waals surface area contributed by atoms with E-state index in [1.54, 1.807) is 13.0 Å². The smallest absolute Gasteiger partial charge is 0.376 e. The van der Waals surface area contributed by atoms with Crippen molar-refractivity contribution in [1.82, 2.24) is 9.97 Å². The second-order valence-electron chi connectivity index (χ2n) is 3.24.